The van der Waals surface area contributed by atoms with Crippen molar-refractivity contribution in [1.82, 2.24) is 20.5 Å². The number of hydrogen-bond donors (Lipinski definition) is 2. The number of anilines is 1. The van der Waals surface area contributed by atoms with Crippen molar-refractivity contribution in [3.8, 4) is 0 Å². The van der Waals surface area contributed by atoms with Crippen LogP contribution in [0.1, 0.15) is 10.4 Å². The number of amides is 1. The largest absolute Gasteiger partial charge is 0.378 e. The second-order valence-electron chi connectivity index (χ2n) is 5.82. The van der Waals surface area contributed by atoms with Crippen molar-refractivity contribution in [3.63, 3.8) is 0 Å². The van der Waals surface area contributed by atoms with Crippen molar-refractivity contribution in [2.75, 3.05) is 70.5 Å². The van der Waals surface area contributed by atoms with Crippen LogP contribution >= 0.6 is 24.8 Å². The van der Waals surface area contributed by atoms with Crippen molar-refractivity contribution in [3.05, 3.63) is 23.9 Å². The summed E-state index contributed by atoms with van der Waals surface area (Å²) in [4.78, 5) is 21.4. The molecule has 1 aromatic rings. The quantitative estimate of drug-likeness (QED) is 0.756. The minimum Gasteiger partial charge on any atom is -0.378 e. The number of morpholine rings is 1. The molecule has 7 nitrogen and oxygen atoms in total. The third-order valence-corrected chi connectivity index (χ3v) is 4.27. The summed E-state index contributed by atoms with van der Waals surface area (Å²) in [5, 5.41) is 6.36. The molecule has 0 unspecified atom stereocenters. The Morgan fingerprint density at radius 1 is 1.20 bits per heavy atom. The van der Waals surface area contributed by atoms with Gasteiger partial charge in [0, 0.05) is 58.6 Å². The van der Waals surface area contributed by atoms with Crippen molar-refractivity contribution >= 4 is 36.5 Å². The Labute approximate surface area is 161 Å². The van der Waals surface area contributed by atoms with Crippen LogP contribution in [0.2, 0.25) is 0 Å². The molecule has 142 valence electrons. The lowest BCUT2D eigenvalue weighted by atomic mass is 10.2. The van der Waals surface area contributed by atoms with Gasteiger partial charge < -0.3 is 20.3 Å². The molecule has 0 atom stereocenters. The van der Waals surface area contributed by atoms with Gasteiger partial charge in [-0.15, -0.1) is 24.8 Å². The number of rotatable bonds is 5. The summed E-state index contributed by atoms with van der Waals surface area (Å²) in [6.45, 7) is 8.60. The molecule has 1 aromatic heterocycles. The summed E-state index contributed by atoms with van der Waals surface area (Å²) in [7, 11) is 0. The van der Waals surface area contributed by atoms with Gasteiger partial charge in [0.2, 0.25) is 0 Å². The molecule has 0 spiro atoms. The van der Waals surface area contributed by atoms with Gasteiger partial charge in [-0.05, 0) is 12.1 Å². The molecule has 0 saturated carbocycles. The van der Waals surface area contributed by atoms with Gasteiger partial charge in [0.1, 0.15) is 5.82 Å². The highest BCUT2D eigenvalue weighted by molar-refractivity contribution is 5.98. The summed E-state index contributed by atoms with van der Waals surface area (Å²) >= 11 is 0. The summed E-state index contributed by atoms with van der Waals surface area (Å²) in [5.41, 5.74) is 0.648. The number of aromatic nitrogens is 1. The lowest BCUT2D eigenvalue weighted by Gasteiger charge is -2.29. The third-order valence-electron chi connectivity index (χ3n) is 4.27. The average molecular weight is 392 g/mol. The maximum absolute atomic E-state index is 12.5. The second kappa shape index (κ2) is 11.5. The summed E-state index contributed by atoms with van der Waals surface area (Å²) in [5.74, 6) is 0.713. The van der Waals surface area contributed by atoms with Gasteiger partial charge in [-0.2, -0.15) is 0 Å². The number of hydrogen-bond acceptors (Lipinski definition) is 6. The number of halogens is 2. The van der Waals surface area contributed by atoms with Crippen LogP contribution in [-0.2, 0) is 4.74 Å². The molecule has 2 saturated heterocycles. The van der Waals surface area contributed by atoms with E-state index < -0.39 is 0 Å². The summed E-state index contributed by atoms with van der Waals surface area (Å²) in [6, 6.07) is 3.66. The molecule has 0 radical (unpaired) electrons. The highest BCUT2D eigenvalue weighted by Crippen LogP contribution is 2.18. The van der Waals surface area contributed by atoms with E-state index in [1.807, 2.05) is 12.1 Å². The molecule has 2 aliphatic rings. The van der Waals surface area contributed by atoms with Crippen LogP contribution in [0.3, 0.4) is 0 Å². The number of piperazine rings is 1. The van der Waals surface area contributed by atoms with E-state index in [9.17, 15) is 4.79 Å². The van der Waals surface area contributed by atoms with Crippen molar-refractivity contribution in [2.24, 2.45) is 0 Å². The van der Waals surface area contributed by atoms with Crippen LogP contribution in [0.5, 0.6) is 0 Å². The molecule has 0 aliphatic carbocycles. The summed E-state index contributed by atoms with van der Waals surface area (Å²) in [6.07, 6.45) is 1.74. The van der Waals surface area contributed by atoms with Gasteiger partial charge in [-0.25, -0.2) is 4.98 Å². The van der Waals surface area contributed by atoms with Gasteiger partial charge in [0.25, 0.3) is 5.91 Å². The van der Waals surface area contributed by atoms with Gasteiger partial charge in [-0.3, -0.25) is 9.69 Å². The first-order valence-corrected chi connectivity index (χ1v) is 8.33. The van der Waals surface area contributed by atoms with Crippen LogP contribution in [0, 0.1) is 0 Å². The van der Waals surface area contributed by atoms with E-state index >= 15 is 0 Å². The highest BCUT2D eigenvalue weighted by atomic mass is 35.5. The smallest absolute Gasteiger partial charge is 0.255 e. The van der Waals surface area contributed by atoms with E-state index in [-0.39, 0.29) is 30.7 Å². The normalized spacial score (nSPS) is 18.0. The van der Waals surface area contributed by atoms with Crippen molar-refractivity contribution in [2.45, 2.75) is 0 Å². The van der Waals surface area contributed by atoms with E-state index in [0.717, 1.165) is 51.6 Å². The zero-order chi connectivity index (χ0) is 15.9. The SMILES string of the molecule is Cl.Cl.O=C(NCCN1CCNCC1)c1cccnc1N1CCOCC1. The van der Waals surface area contributed by atoms with Gasteiger partial charge in [-0.1, -0.05) is 0 Å². The van der Waals surface area contributed by atoms with Gasteiger partial charge >= 0.3 is 0 Å². The first-order chi connectivity index (χ1) is 11.3. The standard InChI is InChI=1S/C16H25N5O2.2ClH/c22-16(19-6-9-20-7-4-17-5-8-20)14-2-1-3-18-15(14)21-10-12-23-13-11-21;;/h1-3,17H,4-13H2,(H,19,22);2*1H. The van der Waals surface area contributed by atoms with E-state index in [0.29, 0.717) is 25.3 Å². The third kappa shape index (κ3) is 6.27. The Morgan fingerprint density at radius 3 is 2.64 bits per heavy atom. The Hall–Kier alpha value is -1.12. The number of nitrogens with one attached hydrogen (secondary N) is 2. The Morgan fingerprint density at radius 2 is 1.92 bits per heavy atom. The van der Waals surface area contributed by atoms with E-state index in [4.69, 9.17) is 4.74 Å². The first kappa shape index (κ1) is 21.9. The number of carbonyl (C=O) groups is 1. The highest BCUT2D eigenvalue weighted by Gasteiger charge is 2.19. The van der Waals surface area contributed by atoms with Gasteiger partial charge in [0.05, 0.1) is 18.8 Å². The minimum absolute atomic E-state index is 0. The molecular formula is C16H27Cl2N5O2. The fraction of sp³-hybridized carbons (Fsp3) is 0.625. The fourth-order valence-corrected chi connectivity index (χ4v) is 2.96. The maximum atomic E-state index is 12.5. The molecule has 25 heavy (non-hydrogen) atoms. The molecule has 9 heteroatoms. The van der Waals surface area contributed by atoms with Crippen molar-refractivity contribution < 1.29 is 9.53 Å². The van der Waals surface area contributed by atoms with Crippen LogP contribution in [0.25, 0.3) is 0 Å². The number of nitrogens with zero attached hydrogens (tertiary/aromatic N) is 3. The number of pyridine rings is 1. The zero-order valence-electron chi connectivity index (χ0n) is 14.3. The molecule has 3 heterocycles. The monoisotopic (exact) mass is 391 g/mol. The Kier molecular flexibility index (Phi) is 10.1. The molecule has 1 amide bonds. The van der Waals surface area contributed by atoms with E-state index in [1.165, 1.54) is 0 Å². The van der Waals surface area contributed by atoms with Gasteiger partial charge in [0.15, 0.2) is 0 Å². The fourth-order valence-electron chi connectivity index (χ4n) is 2.96. The lowest BCUT2D eigenvalue weighted by molar-refractivity contribution is 0.0945. The van der Waals surface area contributed by atoms with Crippen molar-refractivity contribution in [1.29, 1.82) is 0 Å². The van der Waals surface area contributed by atoms with Crippen LogP contribution in [0.4, 0.5) is 5.82 Å². The van der Waals surface area contributed by atoms with E-state index in [2.05, 4.69) is 25.4 Å². The van der Waals surface area contributed by atoms with Crippen LogP contribution in [0.15, 0.2) is 18.3 Å². The average Bonchev–Trinajstić information content (AvgIpc) is 2.63. The molecule has 2 fully saturated rings. The second-order valence-corrected chi connectivity index (χ2v) is 5.82. The Balaban J connectivity index is 0.00000156. The molecule has 2 N–H and O–H groups in total. The zero-order valence-corrected chi connectivity index (χ0v) is 15.9. The number of carbonyl (C=O) groups excluding carboxylic acids is 1. The molecule has 0 bridgehead atoms. The van der Waals surface area contributed by atoms with Crippen LogP contribution in [-0.4, -0.2) is 81.4 Å². The predicted molar refractivity (Wildman–Crippen MR) is 103 cm³/mol. The molecule has 0 aromatic carbocycles. The van der Waals surface area contributed by atoms with E-state index in [1.54, 1.807) is 6.20 Å². The summed E-state index contributed by atoms with van der Waals surface area (Å²) < 4.78 is 5.37. The molecule has 3 rings (SSSR count). The maximum Gasteiger partial charge on any atom is 0.255 e. The molecule has 2 aliphatic heterocycles. The first-order valence-electron chi connectivity index (χ1n) is 8.33. The van der Waals surface area contributed by atoms with Crippen LogP contribution < -0.4 is 15.5 Å². The minimum atomic E-state index is -0.0465. The molecular weight excluding hydrogens is 365 g/mol. The number of ether oxygens (including phenoxy) is 1. The Bertz CT molecular complexity index is 523. The lowest BCUT2D eigenvalue weighted by Crippen LogP contribution is -2.46. The predicted octanol–water partition coefficient (Wildman–Crippen LogP) is 0.397. The topological polar surface area (TPSA) is 69.7 Å².